The summed E-state index contributed by atoms with van der Waals surface area (Å²) in [5, 5.41) is 0. The first-order valence-corrected chi connectivity index (χ1v) is 7.00. The zero-order valence-corrected chi connectivity index (χ0v) is 10.2. The molecule has 1 aliphatic heterocycles. The van der Waals surface area contributed by atoms with Crippen molar-refractivity contribution < 1.29 is 18.4 Å². The van der Waals surface area contributed by atoms with Gasteiger partial charge in [0.2, 0.25) is 5.91 Å². The first kappa shape index (κ1) is 12.7. The molecule has 0 N–H and O–H groups in total. The van der Waals surface area contributed by atoms with Gasteiger partial charge in [-0.15, -0.1) is 0 Å². The van der Waals surface area contributed by atoms with Gasteiger partial charge in [0.1, 0.15) is 6.29 Å². The fourth-order valence-electron chi connectivity index (χ4n) is 1.57. The minimum atomic E-state index is -3.10. The number of likely N-dealkylation sites (tertiary alicyclic amines) is 1. The molecule has 5 nitrogen and oxygen atoms in total. The van der Waals surface area contributed by atoms with Gasteiger partial charge in [0.15, 0.2) is 0 Å². The number of amides is 1. The summed E-state index contributed by atoms with van der Waals surface area (Å²) in [7, 11) is -3.10. The lowest BCUT2D eigenvalue weighted by Gasteiger charge is -2.22. The fraction of sp³-hybridized carbons (Fsp3) is 0.889. The summed E-state index contributed by atoms with van der Waals surface area (Å²) in [6, 6.07) is 0. The predicted octanol–water partition coefficient (Wildman–Crippen LogP) is 1.83. The highest BCUT2D eigenvalue weighted by atomic mass is 31.2. The predicted molar refractivity (Wildman–Crippen MR) is 56.7 cm³/mol. The van der Waals surface area contributed by atoms with Crippen molar-refractivity contribution in [3.05, 3.63) is 0 Å². The largest absolute Gasteiger partial charge is 0.349 e. The van der Waals surface area contributed by atoms with Crippen molar-refractivity contribution in [3.63, 3.8) is 0 Å². The molecule has 0 spiro atoms. The molecule has 1 fully saturated rings. The van der Waals surface area contributed by atoms with Crippen LogP contribution in [0.1, 0.15) is 26.7 Å². The molecule has 0 aromatic carbocycles. The summed E-state index contributed by atoms with van der Waals surface area (Å²) in [6.07, 6.45) is 1.46. The zero-order chi connectivity index (χ0) is 11.3. The molecule has 0 atom stereocenters. The maximum atomic E-state index is 12.1. The van der Waals surface area contributed by atoms with Crippen LogP contribution in [0.25, 0.3) is 0 Å². The minimum Gasteiger partial charge on any atom is -0.331 e. The molecule has 0 aromatic rings. The minimum absolute atomic E-state index is 0.0367. The molecule has 1 amide bonds. The second-order valence-corrected chi connectivity index (χ2v) is 5.37. The summed E-state index contributed by atoms with van der Waals surface area (Å²) < 4.78 is 22.3. The normalized spacial score (nSPS) is 17.5. The third-order valence-electron chi connectivity index (χ3n) is 2.17. The monoisotopic (exact) mass is 235 g/mol. The van der Waals surface area contributed by atoms with Gasteiger partial charge in [-0.05, 0) is 20.3 Å². The molecule has 0 unspecified atom stereocenters. The highest BCUT2D eigenvalue weighted by Gasteiger charge is 2.31. The molecule has 0 aliphatic carbocycles. The van der Waals surface area contributed by atoms with Gasteiger partial charge < -0.3 is 13.9 Å². The van der Waals surface area contributed by atoms with Crippen LogP contribution in [0, 0.1) is 0 Å². The molecule has 15 heavy (non-hydrogen) atoms. The quantitative estimate of drug-likeness (QED) is 0.659. The van der Waals surface area contributed by atoms with Crippen LogP contribution >= 0.6 is 7.60 Å². The Balaban J connectivity index is 2.57. The molecule has 0 radical (unpaired) electrons. The average molecular weight is 235 g/mol. The Morgan fingerprint density at radius 3 is 2.33 bits per heavy atom. The van der Waals surface area contributed by atoms with Crippen LogP contribution in [-0.4, -0.2) is 36.9 Å². The molecular weight excluding hydrogens is 217 g/mol. The number of carbonyl (C=O) groups excluding carboxylic acids is 1. The molecule has 0 saturated carbocycles. The Bertz CT molecular complexity index is 259. The molecule has 0 aromatic heterocycles. The Morgan fingerprint density at radius 2 is 1.93 bits per heavy atom. The number of hydrogen-bond acceptors (Lipinski definition) is 4. The SMILES string of the molecule is CCOP(=O)(CN1CCCC1=O)OCC. The highest BCUT2D eigenvalue weighted by Crippen LogP contribution is 2.48. The number of rotatable bonds is 6. The van der Waals surface area contributed by atoms with Gasteiger partial charge in [-0.3, -0.25) is 9.36 Å². The van der Waals surface area contributed by atoms with Crippen LogP contribution in [0.15, 0.2) is 0 Å². The highest BCUT2D eigenvalue weighted by molar-refractivity contribution is 7.53. The van der Waals surface area contributed by atoms with E-state index in [1.54, 1.807) is 18.7 Å². The molecular formula is C9H18NO4P. The summed E-state index contributed by atoms with van der Waals surface area (Å²) in [5.41, 5.74) is 0. The van der Waals surface area contributed by atoms with Gasteiger partial charge in [0, 0.05) is 13.0 Å². The van der Waals surface area contributed by atoms with E-state index in [4.69, 9.17) is 9.05 Å². The third-order valence-corrected chi connectivity index (χ3v) is 4.16. The summed E-state index contributed by atoms with van der Waals surface area (Å²) in [6.45, 7) is 4.84. The van der Waals surface area contributed by atoms with Crippen molar-refractivity contribution in [3.8, 4) is 0 Å². The molecule has 1 heterocycles. The van der Waals surface area contributed by atoms with Crippen molar-refractivity contribution in [1.29, 1.82) is 0 Å². The average Bonchev–Trinajstić information content (AvgIpc) is 2.52. The van der Waals surface area contributed by atoms with Crippen molar-refractivity contribution >= 4 is 13.5 Å². The van der Waals surface area contributed by atoms with Crippen molar-refractivity contribution in [2.45, 2.75) is 26.7 Å². The maximum Gasteiger partial charge on any atom is 0.349 e. The number of carbonyl (C=O) groups is 1. The molecule has 1 saturated heterocycles. The van der Waals surface area contributed by atoms with Crippen molar-refractivity contribution in [1.82, 2.24) is 4.90 Å². The van der Waals surface area contributed by atoms with E-state index < -0.39 is 7.60 Å². The molecule has 6 heteroatoms. The van der Waals surface area contributed by atoms with Gasteiger partial charge in [-0.1, -0.05) is 0 Å². The van der Waals surface area contributed by atoms with E-state index in [0.717, 1.165) is 6.42 Å². The Kier molecular flexibility index (Phi) is 4.77. The smallest absolute Gasteiger partial charge is 0.331 e. The lowest BCUT2D eigenvalue weighted by Crippen LogP contribution is -2.26. The van der Waals surface area contributed by atoms with Gasteiger partial charge in [-0.2, -0.15) is 0 Å². The van der Waals surface area contributed by atoms with Gasteiger partial charge >= 0.3 is 7.60 Å². The van der Waals surface area contributed by atoms with Crippen molar-refractivity contribution in [2.75, 3.05) is 26.0 Å². The van der Waals surface area contributed by atoms with E-state index in [1.807, 2.05) is 0 Å². The summed E-state index contributed by atoms with van der Waals surface area (Å²) in [5.74, 6) is 0.0367. The lowest BCUT2D eigenvalue weighted by atomic mass is 10.4. The first-order chi connectivity index (χ1) is 7.11. The van der Waals surface area contributed by atoms with Gasteiger partial charge in [-0.25, -0.2) is 0 Å². The van der Waals surface area contributed by atoms with Crippen LogP contribution in [0.4, 0.5) is 0 Å². The molecule has 88 valence electrons. The van der Waals surface area contributed by atoms with Crippen LogP contribution in [0.2, 0.25) is 0 Å². The van der Waals surface area contributed by atoms with Gasteiger partial charge in [0.25, 0.3) is 0 Å². The Labute approximate surface area is 90.3 Å². The van der Waals surface area contributed by atoms with E-state index >= 15 is 0 Å². The molecule has 1 rings (SSSR count). The lowest BCUT2D eigenvalue weighted by molar-refractivity contribution is -0.127. The second-order valence-electron chi connectivity index (χ2n) is 3.35. The molecule has 1 aliphatic rings. The third kappa shape index (κ3) is 3.59. The topological polar surface area (TPSA) is 55.8 Å². The summed E-state index contributed by atoms with van der Waals surface area (Å²) in [4.78, 5) is 12.9. The Morgan fingerprint density at radius 1 is 1.33 bits per heavy atom. The molecule has 0 bridgehead atoms. The van der Waals surface area contributed by atoms with Crippen LogP contribution in [0.5, 0.6) is 0 Å². The standard InChI is InChI=1S/C9H18NO4P/c1-3-13-15(12,14-4-2)8-10-7-5-6-9(10)11/h3-8H2,1-2H3. The maximum absolute atomic E-state index is 12.1. The summed E-state index contributed by atoms with van der Waals surface area (Å²) >= 11 is 0. The van der Waals surface area contributed by atoms with E-state index in [9.17, 15) is 9.36 Å². The Hall–Kier alpha value is -0.380. The van der Waals surface area contributed by atoms with Gasteiger partial charge in [0.05, 0.1) is 13.2 Å². The fourth-order valence-corrected chi connectivity index (χ4v) is 3.32. The zero-order valence-electron chi connectivity index (χ0n) is 9.27. The van der Waals surface area contributed by atoms with E-state index in [2.05, 4.69) is 0 Å². The first-order valence-electron chi connectivity index (χ1n) is 5.27. The van der Waals surface area contributed by atoms with Crippen LogP contribution < -0.4 is 0 Å². The van der Waals surface area contributed by atoms with E-state index in [-0.39, 0.29) is 12.2 Å². The van der Waals surface area contributed by atoms with E-state index in [0.29, 0.717) is 26.2 Å². The number of hydrogen-bond donors (Lipinski definition) is 0. The second kappa shape index (κ2) is 5.64. The van der Waals surface area contributed by atoms with Crippen LogP contribution in [-0.2, 0) is 18.4 Å². The van der Waals surface area contributed by atoms with E-state index in [1.165, 1.54) is 0 Å². The van der Waals surface area contributed by atoms with Crippen molar-refractivity contribution in [2.24, 2.45) is 0 Å². The number of nitrogens with zero attached hydrogens (tertiary/aromatic N) is 1. The van der Waals surface area contributed by atoms with Crippen LogP contribution in [0.3, 0.4) is 0 Å².